The third kappa shape index (κ3) is 7.53. The summed E-state index contributed by atoms with van der Waals surface area (Å²) in [6.07, 6.45) is 11.3. The fourth-order valence-electron chi connectivity index (χ4n) is 3.47. The topological polar surface area (TPSA) is 54.4 Å². The van der Waals surface area contributed by atoms with Crippen molar-refractivity contribution in [2.45, 2.75) is 90.9 Å². The summed E-state index contributed by atoms with van der Waals surface area (Å²) >= 11 is 0. The molecule has 0 radical (unpaired) electrons. The quantitative estimate of drug-likeness (QED) is 0.780. The Kier molecular flexibility index (Phi) is 8.92. The van der Waals surface area contributed by atoms with E-state index >= 15 is 0 Å². The van der Waals surface area contributed by atoms with Crippen molar-refractivity contribution in [3.63, 3.8) is 0 Å². The monoisotopic (exact) mass is 310 g/mol. The molecule has 1 N–H and O–H groups in total. The van der Waals surface area contributed by atoms with E-state index in [1.165, 1.54) is 19.3 Å². The number of carbonyl (C=O) groups is 2. The standard InChI is InChI=1S/C19H34O3/c1-19(2)15-17(21)14-16(11-8-9-13-20)10-6-4-3-5-7-12-18(19)22/h16,20H,3-15H2,1-2H3. The number of carbonyl (C=O) groups excluding carboxylic acids is 2. The van der Waals surface area contributed by atoms with Crippen LogP contribution in [0, 0.1) is 11.3 Å². The molecule has 0 bridgehead atoms. The molecule has 128 valence electrons. The second kappa shape index (κ2) is 10.1. The molecule has 0 heterocycles. The van der Waals surface area contributed by atoms with Crippen LogP contribution < -0.4 is 0 Å². The van der Waals surface area contributed by atoms with Crippen molar-refractivity contribution in [3.8, 4) is 0 Å². The van der Waals surface area contributed by atoms with Crippen LogP contribution >= 0.6 is 0 Å². The zero-order chi connectivity index (χ0) is 16.4. The van der Waals surface area contributed by atoms with E-state index in [1.54, 1.807) is 0 Å². The predicted molar refractivity (Wildman–Crippen MR) is 89.8 cm³/mol. The van der Waals surface area contributed by atoms with Crippen molar-refractivity contribution in [1.29, 1.82) is 0 Å². The summed E-state index contributed by atoms with van der Waals surface area (Å²) in [5.74, 6) is 0.925. The van der Waals surface area contributed by atoms with Crippen LogP contribution in [0.15, 0.2) is 0 Å². The van der Waals surface area contributed by atoms with Gasteiger partial charge in [0, 0.05) is 31.3 Å². The molecule has 0 aliphatic heterocycles. The van der Waals surface area contributed by atoms with E-state index in [-0.39, 0.29) is 18.2 Å². The number of hydrogen-bond donors (Lipinski definition) is 1. The van der Waals surface area contributed by atoms with Gasteiger partial charge >= 0.3 is 0 Å². The first kappa shape index (κ1) is 19.3. The highest BCUT2D eigenvalue weighted by Gasteiger charge is 2.30. The predicted octanol–water partition coefficient (Wildman–Crippen LogP) is 4.45. The van der Waals surface area contributed by atoms with Crippen molar-refractivity contribution in [2.75, 3.05) is 6.61 Å². The largest absolute Gasteiger partial charge is 0.396 e. The summed E-state index contributed by atoms with van der Waals surface area (Å²) in [5, 5.41) is 8.92. The summed E-state index contributed by atoms with van der Waals surface area (Å²) in [5.41, 5.74) is -0.499. The van der Waals surface area contributed by atoms with Crippen LogP contribution in [0.2, 0.25) is 0 Å². The van der Waals surface area contributed by atoms with Crippen LogP contribution in [-0.4, -0.2) is 23.3 Å². The lowest BCUT2D eigenvalue weighted by atomic mass is 9.79. The van der Waals surface area contributed by atoms with Crippen LogP contribution in [0.3, 0.4) is 0 Å². The summed E-state index contributed by atoms with van der Waals surface area (Å²) in [7, 11) is 0. The molecule has 22 heavy (non-hydrogen) atoms. The average Bonchev–Trinajstić information content (AvgIpc) is 2.45. The van der Waals surface area contributed by atoms with Crippen LogP contribution in [0.25, 0.3) is 0 Å². The minimum atomic E-state index is -0.499. The smallest absolute Gasteiger partial charge is 0.138 e. The van der Waals surface area contributed by atoms with Gasteiger partial charge in [0.05, 0.1) is 0 Å². The molecular weight excluding hydrogens is 276 g/mol. The normalized spacial score (nSPS) is 25.1. The number of unbranched alkanes of at least 4 members (excludes halogenated alkanes) is 1. The molecule has 1 saturated carbocycles. The molecule has 0 saturated heterocycles. The molecule has 0 aromatic rings. The maximum absolute atomic E-state index is 12.4. The highest BCUT2D eigenvalue weighted by Crippen LogP contribution is 2.29. The van der Waals surface area contributed by atoms with Crippen molar-refractivity contribution >= 4 is 11.6 Å². The molecule has 0 amide bonds. The Hall–Kier alpha value is -0.700. The van der Waals surface area contributed by atoms with Gasteiger partial charge in [-0.25, -0.2) is 0 Å². The van der Waals surface area contributed by atoms with Crippen molar-refractivity contribution in [3.05, 3.63) is 0 Å². The van der Waals surface area contributed by atoms with Crippen molar-refractivity contribution in [1.82, 2.24) is 0 Å². The Morgan fingerprint density at radius 1 is 1.05 bits per heavy atom. The van der Waals surface area contributed by atoms with E-state index in [0.29, 0.717) is 25.2 Å². The first-order valence-corrected chi connectivity index (χ1v) is 9.11. The van der Waals surface area contributed by atoms with Crippen LogP contribution in [-0.2, 0) is 9.59 Å². The van der Waals surface area contributed by atoms with Gasteiger partial charge in [-0.3, -0.25) is 9.59 Å². The summed E-state index contributed by atoms with van der Waals surface area (Å²) in [4.78, 5) is 24.7. The fraction of sp³-hybridized carbons (Fsp3) is 0.895. The Balaban J connectivity index is 2.63. The fourth-order valence-corrected chi connectivity index (χ4v) is 3.47. The van der Waals surface area contributed by atoms with Crippen molar-refractivity contribution in [2.24, 2.45) is 11.3 Å². The summed E-state index contributed by atoms with van der Waals surface area (Å²) in [6.45, 7) is 4.09. The molecule has 0 spiro atoms. The highest BCUT2D eigenvalue weighted by atomic mass is 16.2. The van der Waals surface area contributed by atoms with Gasteiger partial charge in [-0.1, -0.05) is 52.4 Å². The number of rotatable bonds is 4. The second-order valence-corrected chi connectivity index (χ2v) is 7.62. The number of Topliss-reactive ketones (excluding diaryl/α,β-unsaturated/α-hetero) is 2. The first-order valence-electron chi connectivity index (χ1n) is 9.11. The van der Waals surface area contributed by atoms with Gasteiger partial charge in [0.2, 0.25) is 0 Å². The van der Waals surface area contributed by atoms with E-state index in [4.69, 9.17) is 5.11 Å². The van der Waals surface area contributed by atoms with Gasteiger partial charge in [0.1, 0.15) is 11.6 Å². The van der Waals surface area contributed by atoms with Gasteiger partial charge in [-0.15, -0.1) is 0 Å². The maximum atomic E-state index is 12.4. The number of aliphatic hydroxyl groups is 1. The van der Waals surface area contributed by atoms with Crippen LogP contribution in [0.5, 0.6) is 0 Å². The van der Waals surface area contributed by atoms with Crippen molar-refractivity contribution < 1.29 is 14.7 Å². The summed E-state index contributed by atoms with van der Waals surface area (Å²) in [6, 6.07) is 0. The van der Waals surface area contributed by atoms with Gasteiger partial charge < -0.3 is 5.11 Å². The summed E-state index contributed by atoms with van der Waals surface area (Å²) < 4.78 is 0. The molecule has 1 fully saturated rings. The van der Waals surface area contributed by atoms with E-state index in [1.807, 2.05) is 13.8 Å². The molecule has 0 aromatic heterocycles. The number of hydrogen-bond acceptors (Lipinski definition) is 3. The minimum Gasteiger partial charge on any atom is -0.396 e. The van der Waals surface area contributed by atoms with E-state index < -0.39 is 5.41 Å². The molecule has 3 nitrogen and oxygen atoms in total. The molecule has 1 atom stereocenters. The van der Waals surface area contributed by atoms with E-state index in [2.05, 4.69) is 0 Å². The molecule has 1 aliphatic carbocycles. The highest BCUT2D eigenvalue weighted by molar-refractivity contribution is 5.90. The molecule has 0 aromatic carbocycles. The van der Waals surface area contributed by atoms with Gasteiger partial charge in [0.15, 0.2) is 0 Å². The Labute approximate surface area is 135 Å². The lowest BCUT2D eigenvalue weighted by Gasteiger charge is -2.23. The third-order valence-corrected chi connectivity index (χ3v) is 4.95. The number of ketones is 2. The van der Waals surface area contributed by atoms with E-state index in [9.17, 15) is 9.59 Å². The molecule has 1 rings (SSSR count). The Bertz CT molecular complexity index is 347. The van der Waals surface area contributed by atoms with Gasteiger partial charge in [-0.2, -0.15) is 0 Å². The minimum absolute atomic E-state index is 0.238. The molecule has 3 heteroatoms. The lowest BCUT2D eigenvalue weighted by Crippen LogP contribution is -2.28. The zero-order valence-electron chi connectivity index (χ0n) is 14.5. The SMILES string of the molecule is CC1(C)CC(=O)CC(CCCCO)CCCCCCCC1=O. The Morgan fingerprint density at radius 2 is 1.73 bits per heavy atom. The van der Waals surface area contributed by atoms with Gasteiger partial charge in [-0.05, 0) is 25.2 Å². The lowest BCUT2D eigenvalue weighted by molar-refractivity contribution is -0.132. The molecule has 1 unspecified atom stereocenters. The van der Waals surface area contributed by atoms with Gasteiger partial charge in [0.25, 0.3) is 0 Å². The zero-order valence-corrected chi connectivity index (χ0v) is 14.5. The van der Waals surface area contributed by atoms with Crippen LogP contribution in [0.4, 0.5) is 0 Å². The van der Waals surface area contributed by atoms with E-state index in [0.717, 1.165) is 38.5 Å². The average molecular weight is 310 g/mol. The first-order chi connectivity index (χ1) is 10.5. The third-order valence-electron chi connectivity index (χ3n) is 4.95. The Morgan fingerprint density at radius 3 is 2.45 bits per heavy atom. The molecular formula is C19H34O3. The second-order valence-electron chi connectivity index (χ2n) is 7.62. The molecule has 1 aliphatic rings. The maximum Gasteiger partial charge on any atom is 0.138 e. The van der Waals surface area contributed by atoms with Crippen LogP contribution in [0.1, 0.15) is 90.9 Å². The number of aliphatic hydroxyl groups excluding tert-OH is 1.